The second kappa shape index (κ2) is 30.0. The van der Waals surface area contributed by atoms with E-state index in [9.17, 15) is 34.2 Å². The number of nitrogens with zero attached hydrogens (tertiary/aromatic N) is 7. The minimum absolute atomic E-state index is 0.00815. The van der Waals surface area contributed by atoms with E-state index in [0.717, 1.165) is 21.7 Å². The van der Waals surface area contributed by atoms with E-state index in [1.165, 1.54) is 11.0 Å². The first-order chi connectivity index (χ1) is 41.2. The van der Waals surface area contributed by atoms with Gasteiger partial charge in [0.15, 0.2) is 5.82 Å². The Kier molecular flexibility index (Phi) is 22.6. The van der Waals surface area contributed by atoms with Crippen LogP contribution in [-0.4, -0.2) is 193 Å². The number of rotatable bonds is 27. The standard InChI is InChI=1S/C62H78ClFN10O11S/c1-8-51(78)72-19-21-73(22-20-72)58-47-34-48(63)53(46-32-43(75)31-42-11-9-10-12-45(42)46)54(64)55(47)69-61(70-58)65-18-17-52(79)71(7)23-24-82-25-26-83-27-28-84-29-30-85-36-50(77)68-57(62(4,5)6)60(81)74-35-44(76)33-49(74)59(80)67-38(2)40-13-15-41(16-14-40)56-39(3)66-37-86-56/h9-16,31-32,34,37-38,44,49,57,75-76H,8,17-30,33,35-36H2,1-7H3,(H,67,80)(H,68,77)(H,65,69,70)/t38-,44+,49-,57+/m0/s1. The number of phenolic OH excluding ortho intramolecular Hbond substituents is 1. The number of hydrogen-bond donors (Lipinski definition) is 5. The minimum Gasteiger partial charge on any atom is -0.508 e. The number of carbonyl (C=O) groups is 5. The van der Waals surface area contributed by atoms with Gasteiger partial charge in [-0.3, -0.25) is 24.0 Å². The Morgan fingerprint density at radius 2 is 1.56 bits per heavy atom. The predicted molar refractivity (Wildman–Crippen MR) is 329 cm³/mol. The number of fused-ring (bicyclic) bond motifs is 2. The Hall–Kier alpha value is -7.12. The van der Waals surface area contributed by atoms with Crippen molar-refractivity contribution in [3.05, 3.63) is 94.3 Å². The van der Waals surface area contributed by atoms with Crippen LogP contribution in [0.3, 0.4) is 0 Å². The van der Waals surface area contributed by atoms with Gasteiger partial charge >= 0.3 is 0 Å². The molecule has 2 aliphatic heterocycles. The Labute approximate surface area is 509 Å². The number of hydrogen-bond acceptors (Lipinski definition) is 17. The van der Waals surface area contributed by atoms with Crippen molar-refractivity contribution < 1.29 is 57.5 Å². The van der Waals surface area contributed by atoms with E-state index in [2.05, 4.69) is 25.9 Å². The molecular formula is C62H78ClFN10O11S. The van der Waals surface area contributed by atoms with Crippen molar-refractivity contribution >= 4 is 85.9 Å². The molecule has 462 valence electrons. The molecule has 0 radical (unpaired) electrons. The number of likely N-dealkylation sites (N-methyl/N-ethyl adjacent to an activating group) is 1. The third-order valence-electron chi connectivity index (χ3n) is 15.2. The first-order valence-electron chi connectivity index (χ1n) is 29.0. The number of phenols is 1. The summed E-state index contributed by atoms with van der Waals surface area (Å²) >= 11 is 8.45. The average molecular weight is 1230 g/mol. The largest absolute Gasteiger partial charge is 0.508 e. The Balaban J connectivity index is 0.714. The molecule has 5 amide bonds. The van der Waals surface area contributed by atoms with Crippen LogP contribution < -0.4 is 20.9 Å². The Morgan fingerprint density at radius 1 is 0.884 bits per heavy atom. The van der Waals surface area contributed by atoms with Crippen molar-refractivity contribution in [1.29, 1.82) is 0 Å². The van der Waals surface area contributed by atoms with Gasteiger partial charge in [-0.2, -0.15) is 4.98 Å². The minimum atomic E-state index is -1.00. The number of likely N-dealkylation sites (tertiary alicyclic amines) is 1. The number of halogens is 2. The van der Waals surface area contributed by atoms with Gasteiger partial charge < -0.3 is 64.7 Å². The highest BCUT2D eigenvalue weighted by Crippen LogP contribution is 2.42. The van der Waals surface area contributed by atoms with Gasteiger partial charge in [-0.1, -0.05) is 87.8 Å². The zero-order chi connectivity index (χ0) is 61.7. The maximum Gasteiger partial charge on any atom is 0.246 e. The van der Waals surface area contributed by atoms with Gasteiger partial charge in [0.1, 0.15) is 35.8 Å². The fourth-order valence-corrected chi connectivity index (χ4v) is 11.6. The second-order valence-electron chi connectivity index (χ2n) is 22.5. The molecule has 21 nitrogen and oxygen atoms in total. The molecule has 0 spiro atoms. The zero-order valence-electron chi connectivity index (χ0n) is 49.8. The first kappa shape index (κ1) is 64.9. The normalized spacial score (nSPS) is 16.1. The molecule has 4 aromatic carbocycles. The van der Waals surface area contributed by atoms with Crippen molar-refractivity contribution in [2.75, 3.05) is 116 Å². The molecule has 8 rings (SSSR count). The molecule has 0 unspecified atom stereocenters. The summed E-state index contributed by atoms with van der Waals surface area (Å²) in [4.78, 5) is 88.0. The quantitative estimate of drug-likeness (QED) is 0.0322. The van der Waals surface area contributed by atoms with Crippen molar-refractivity contribution in [3.63, 3.8) is 0 Å². The highest BCUT2D eigenvalue weighted by molar-refractivity contribution is 7.13. The lowest BCUT2D eigenvalue weighted by Crippen LogP contribution is -2.58. The molecule has 5 N–H and O–H groups in total. The van der Waals surface area contributed by atoms with Crippen LogP contribution in [0.2, 0.25) is 5.02 Å². The van der Waals surface area contributed by atoms with Crippen LogP contribution in [0.15, 0.2) is 72.2 Å². The molecule has 0 aliphatic carbocycles. The molecule has 2 aromatic heterocycles. The van der Waals surface area contributed by atoms with E-state index in [1.54, 1.807) is 45.8 Å². The molecule has 24 heteroatoms. The van der Waals surface area contributed by atoms with E-state index in [-0.39, 0.29) is 118 Å². The lowest BCUT2D eigenvalue weighted by atomic mass is 9.85. The number of piperazine rings is 1. The van der Waals surface area contributed by atoms with Gasteiger partial charge in [-0.25, -0.2) is 14.4 Å². The summed E-state index contributed by atoms with van der Waals surface area (Å²) in [5, 5.41) is 32.1. The number of nitrogens with one attached hydrogen (secondary N) is 3. The molecule has 2 saturated heterocycles. The van der Waals surface area contributed by atoms with Gasteiger partial charge in [-0.15, -0.1) is 11.3 Å². The molecule has 4 atom stereocenters. The van der Waals surface area contributed by atoms with Gasteiger partial charge in [0, 0.05) is 83.1 Å². The third kappa shape index (κ3) is 16.5. The summed E-state index contributed by atoms with van der Waals surface area (Å²) in [7, 11) is 1.67. The number of β-amino-alcohol motifs (C(OH)–C–C–N with tert-alkyl or cyclic N) is 1. The van der Waals surface area contributed by atoms with E-state index < -0.39 is 47.1 Å². The first-order valence-corrected chi connectivity index (χ1v) is 30.3. The molecular weight excluding hydrogens is 1150 g/mol. The molecule has 6 aromatic rings. The fourth-order valence-electron chi connectivity index (χ4n) is 10.5. The lowest BCUT2D eigenvalue weighted by molar-refractivity contribution is -0.144. The van der Waals surface area contributed by atoms with E-state index in [4.69, 9.17) is 35.5 Å². The summed E-state index contributed by atoms with van der Waals surface area (Å²) in [6.45, 7) is 14.7. The molecule has 2 fully saturated rings. The predicted octanol–water partition coefficient (Wildman–Crippen LogP) is 7.14. The molecule has 0 bridgehead atoms. The van der Waals surface area contributed by atoms with Gasteiger partial charge in [0.25, 0.3) is 0 Å². The molecule has 86 heavy (non-hydrogen) atoms. The van der Waals surface area contributed by atoms with Gasteiger partial charge in [0.2, 0.25) is 35.5 Å². The molecule has 0 saturated carbocycles. The number of aryl methyl sites for hydroxylation is 1. The third-order valence-corrected chi connectivity index (χ3v) is 16.5. The number of aromatic nitrogens is 3. The SMILES string of the molecule is CCC(=O)N1CCN(c2nc(NCCC(=O)N(C)CCOCCOCCOCCOCC(=O)N[C@H](C(=O)N3C[C@H](O)C[C@H]3C(=O)N[C@@H](C)c3ccc(-c4scnc4C)cc3)C(C)(C)C)nc3c(F)c(-c4cc(O)cc5ccccc45)c(Cl)cc23)CC1. The number of anilines is 2. The number of aliphatic hydroxyl groups is 1. The van der Waals surface area contributed by atoms with Crippen molar-refractivity contribution in [2.24, 2.45) is 5.41 Å². The van der Waals surface area contributed by atoms with E-state index in [1.807, 2.05) is 95.0 Å². The smallest absolute Gasteiger partial charge is 0.246 e. The highest BCUT2D eigenvalue weighted by atomic mass is 35.5. The maximum absolute atomic E-state index is 17.0. The van der Waals surface area contributed by atoms with Gasteiger partial charge in [0.05, 0.1) is 79.5 Å². The van der Waals surface area contributed by atoms with Crippen molar-refractivity contribution in [1.82, 2.24) is 40.3 Å². The molecule has 4 heterocycles. The van der Waals surface area contributed by atoms with Crippen LogP contribution in [0.1, 0.15) is 71.2 Å². The zero-order valence-corrected chi connectivity index (χ0v) is 51.4. The highest BCUT2D eigenvalue weighted by Gasteiger charge is 2.45. The van der Waals surface area contributed by atoms with Crippen molar-refractivity contribution in [2.45, 2.75) is 85.0 Å². The molecule has 2 aliphatic rings. The monoisotopic (exact) mass is 1220 g/mol. The van der Waals surface area contributed by atoms with Crippen molar-refractivity contribution in [3.8, 4) is 27.3 Å². The van der Waals surface area contributed by atoms with Crippen LogP contribution in [0.4, 0.5) is 16.2 Å². The van der Waals surface area contributed by atoms with Crippen LogP contribution in [0.25, 0.3) is 43.2 Å². The maximum atomic E-state index is 17.0. The Morgan fingerprint density at radius 3 is 2.22 bits per heavy atom. The summed E-state index contributed by atoms with van der Waals surface area (Å²) in [6.07, 6.45) is -0.368. The summed E-state index contributed by atoms with van der Waals surface area (Å²) < 4.78 is 39.5. The van der Waals surface area contributed by atoms with Crippen LogP contribution in [0.5, 0.6) is 5.75 Å². The van der Waals surface area contributed by atoms with E-state index in [0.29, 0.717) is 73.3 Å². The van der Waals surface area contributed by atoms with Crippen LogP contribution in [-0.2, 0) is 42.9 Å². The summed E-state index contributed by atoms with van der Waals surface area (Å²) in [6, 6.07) is 17.6. The number of ether oxygens (including phenoxy) is 4. The number of aromatic hydroxyl groups is 1. The number of amides is 5. The number of carbonyl (C=O) groups excluding carboxylic acids is 5. The van der Waals surface area contributed by atoms with Gasteiger partial charge in [-0.05, 0) is 64.9 Å². The summed E-state index contributed by atoms with van der Waals surface area (Å²) in [5.74, 6) is -1.69. The lowest BCUT2D eigenvalue weighted by Gasteiger charge is -2.36. The Bertz CT molecular complexity index is 3340. The number of thiazole rings is 1. The van der Waals surface area contributed by atoms with Crippen LogP contribution in [0, 0.1) is 18.2 Å². The van der Waals surface area contributed by atoms with Crippen LogP contribution >= 0.6 is 22.9 Å². The summed E-state index contributed by atoms with van der Waals surface area (Å²) in [5.41, 5.74) is 4.42. The topological polar surface area (TPSA) is 250 Å². The number of benzene rings is 4. The number of aliphatic hydroxyl groups excluding tert-OH is 1. The second-order valence-corrected chi connectivity index (χ2v) is 23.8. The average Bonchev–Trinajstić information content (AvgIpc) is 1.02. The van der Waals surface area contributed by atoms with E-state index >= 15 is 4.39 Å². The fraction of sp³-hybridized carbons (Fsp3) is 0.484.